The van der Waals surface area contributed by atoms with Gasteiger partial charge in [-0.2, -0.15) is 0 Å². The Hall–Kier alpha value is -3.86. The lowest BCUT2D eigenvalue weighted by Gasteiger charge is -2.25. The van der Waals surface area contributed by atoms with Gasteiger partial charge in [-0.3, -0.25) is 0 Å². The van der Waals surface area contributed by atoms with Crippen molar-refractivity contribution in [2.75, 3.05) is 0 Å². The van der Waals surface area contributed by atoms with E-state index in [1.54, 1.807) is 24.3 Å². The average molecular weight is 513 g/mol. The van der Waals surface area contributed by atoms with Crippen molar-refractivity contribution in [3.05, 3.63) is 116 Å². The lowest BCUT2D eigenvalue weighted by Crippen LogP contribution is -2.22. The normalized spacial score (nSPS) is 17.1. The average Bonchev–Trinajstić information content (AvgIpc) is 2.87. The first-order valence-electron chi connectivity index (χ1n) is 11.4. The van der Waals surface area contributed by atoms with Crippen LogP contribution in [-0.4, -0.2) is 11.9 Å². The van der Waals surface area contributed by atoms with Gasteiger partial charge in [-0.05, 0) is 70.4 Å². The highest BCUT2D eigenvalue weighted by Gasteiger charge is 2.29. The van der Waals surface area contributed by atoms with E-state index in [0.717, 1.165) is 33.0 Å². The van der Waals surface area contributed by atoms with Gasteiger partial charge in [0.1, 0.15) is 11.5 Å². The number of carbonyl (C=O) groups is 2. The minimum Gasteiger partial charge on any atom is -0.423 e. The summed E-state index contributed by atoms with van der Waals surface area (Å²) in [7, 11) is 0. The molecule has 0 saturated heterocycles. The molecule has 0 radical (unpaired) electrons. The maximum atomic E-state index is 12.8. The standard InChI is InChI=1S/C30H18Cl2O4/c31-22-7-1-17(2-8-22)13-20-15-24-26(35-29(20)33)11-5-19-6-12-27-25(28(19)24)16-21(30(34)36-27)14-18-3-9-23(32)10-4-18/h1-14H,15-16H2/b20-13+,21-14+. The third kappa shape index (κ3) is 4.19. The summed E-state index contributed by atoms with van der Waals surface area (Å²) < 4.78 is 11.5. The molecule has 36 heavy (non-hydrogen) atoms. The van der Waals surface area contributed by atoms with Crippen LogP contribution in [0.4, 0.5) is 0 Å². The molecule has 4 aromatic rings. The molecule has 6 heteroatoms. The van der Waals surface area contributed by atoms with Crippen molar-refractivity contribution < 1.29 is 19.1 Å². The van der Waals surface area contributed by atoms with Crippen LogP contribution in [0.1, 0.15) is 22.3 Å². The Morgan fingerprint density at radius 2 is 1.00 bits per heavy atom. The zero-order chi connectivity index (χ0) is 24.8. The second-order valence-corrected chi connectivity index (χ2v) is 9.63. The molecule has 0 unspecified atom stereocenters. The predicted octanol–water partition coefficient (Wildman–Crippen LogP) is 7.24. The smallest absolute Gasteiger partial charge is 0.339 e. The summed E-state index contributed by atoms with van der Waals surface area (Å²) in [5.74, 6) is 0.288. The van der Waals surface area contributed by atoms with Gasteiger partial charge < -0.3 is 9.47 Å². The molecule has 0 bridgehead atoms. The topological polar surface area (TPSA) is 52.6 Å². The first-order chi connectivity index (χ1) is 17.4. The van der Waals surface area contributed by atoms with Crippen LogP contribution in [0.2, 0.25) is 10.0 Å². The highest BCUT2D eigenvalue weighted by atomic mass is 35.5. The summed E-state index contributed by atoms with van der Waals surface area (Å²) in [5.41, 5.74) is 4.60. The number of esters is 2. The van der Waals surface area contributed by atoms with Gasteiger partial charge in [0.25, 0.3) is 0 Å². The Kier molecular flexibility index (Phi) is 5.63. The summed E-state index contributed by atoms with van der Waals surface area (Å²) in [6.45, 7) is 0. The molecule has 0 saturated carbocycles. The molecule has 0 fully saturated rings. The second kappa shape index (κ2) is 8.98. The molecule has 4 aromatic carbocycles. The van der Waals surface area contributed by atoms with E-state index in [0.29, 0.717) is 45.5 Å². The Morgan fingerprint density at radius 1 is 0.583 bits per heavy atom. The molecule has 0 N–H and O–H groups in total. The van der Waals surface area contributed by atoms with Gasteiger partial charge >= 0.3 is 11.9 Å². The quantitative estimate of drug-likeness (QED) is 0.161. The molecule has 0 amide bonds. The second-order valence-electron chi connectivity index (χ2n) is 8.76. The van der Waals surface area contributed by atoms with Crippen molar-refractivity contribution in [2.45, 2.75) is 12.8 Å². The van der Waals surface area contributed by atoms with Crippen LogP contribution in [0.5, 0.6) is 11.5 Å². The lowest BCUT2D eigenvalue weighted by atomic mass is 9.88. The fraction of sp³-hybridized carbons (Fsp3) is 0.0667. The number of carbonyl (C=O) groups excluding carboxylic acids is 2. The van der Waals surface area contributed by atoms with Crippen LogP contribution in [0.3, 0.4) is 0 Å². The zero-order valence-corrected chi connectivity index (χ0v) is 20.4. The molecule has 0 aromatic heterocycles. The number of rotatable bonds is 2. The fourth-order valence-corrected chi connectivity index (χ4v) is 4.92. The van der Waals surface area contributed by atoms with Gasteiger partial charge in [0.2, 0.25) is 0 Å². The first-order valence-corrected chi connectivity index (χ1v) is 12.1. The monoisotopic (exact) mass is 512 g/mol. The van der Waals surface area contributed by atoms with Crippen molar-refractivity contribution in [2.24, 2.45) is 0 Å². The van der Waals surface area contributed by atoms with Crippen LogP contribution in [-0.2, 0) is 22.4 Å². The fourth-order valence-electron chi connectivity index (χ4n) is 4.67. The van der Waals surface area contributed by atoms with Crippen molar-refractivity contribution in [3.8, 4) is 11.5 Å². The third-order valence-electron chi connectivity index (χ3n) is 6.40. The summed E-state index contributed by atoms with van der Waals surface area (Å²) in [6.07, 6.45) is 4.44. The number of fused-ring (bicyclic) bond motifs is 5. The highest BCUT2D eigenvalue weighted by molar-refractivity contribution is 6.30. The maximum Gasteiger partial charge on any atom is 0.339 e. The number of halogens is 2. The van der Waals surface area contributed by atoms with Crippen molar-refractivity contribution in [1.82, 2.24) is 0 Å². The molecular weight excluding hydrogens is 495 g/mol. The number of hydrogen-bond donors (Lipinski definition) is 0. The number of hydrogen-bond acceptors (Lipinski definition) is 4. The minimum absolute atomic E-state index is 0.378. The molecule has 2 heterocycles. The molecule has 4 nitrogen and oxygen atoms in total. The van der Waals surface area contributed by atoms with Gasteiger partial charge in [-0.15, -0.1) is 0 Å². The van der Waals surface area contributed by atoms with E-state index >= 15 is 0 Å². The predicted molar refractivity (Wildman–Crippen MR) is 141 cm³/mol. The molecule has 0 aliphatic carbocycles. The third-order valence-corrected chi connectivity index (χ3v) is 6.91. The van der Waals surface area contributed by atoms with E-state index < -0.39 is 0 Å². The SMILES string of the molecule is O=C1Oc2ccc3ccc4c(c3c2C/C1=C\c1ccc(Cl)cc1)C/C(=C\c1ccc(Cl)cc1)C(=O)O4. The Labute approximate surface area is 217 Å². The van der Waals surface area contributed by atoms with Gasteiger partial charge in [-0.1, -0.05) is 59.6 Å². The van der Waals surface area contributed by atoms with Crippen LogP contribution in [0, 0.1) is 0 Å². The van der Waals surface area contributed by atoms with Gasteiger partial charge in [-0.25, -0.2) is 9.59 Å². The summed E-state index contributed by atoms with van der Waals surface area (Å²) >= 11 is 12.0. The first kappa shape index (κ1) is 22.6. The summed E-state index contributed by atoms with van der Waals surface area (Å²) in [5, 5.41) is 3.18. The lowest BCUT2D eigenvalue weighted by molar-refractivity contribution is -0.131. The van der Waals surface area contributed by atoms with Gasteiger partial charge in [0.15, 0.2) is 0 Å². The van der Waals surface area contributed by atoms with E-state index in [9.17, 15) is 9.59 Å². The van der Waals surface area contributed by atoms with E-state index in [1.807, 2.05) is 60.7 Å². The van der Waals surface area contributed by atoms with E-state index in [2.05, 4.69) is 0 Å². The highest BCUT2D eigenvalue weighted by Crippen LogP contribution is 2.42. The van der Waals surface area contributed by atoms with Crippen molar-refractivity contribution in [1.29, 1.82) is 0 Å². The Bertz CT molecular complexity index is 1500. The molecule has 176 valence electrons. The molecule has 0 atom stereocenters. The summed E-state index contributed by atoms with van der Waals surface area (Å²) in [4.78, 5) is 25.5. The van der Waals surface area contributed by atoms with E-state index in [4.69, 9.17) is 32.7 Å². The minimum atomic E-state index is -0.378. The maximum absolute atomic E-state index is 12.8. The van der Waals surface area contributed by atoms with Crippen LogP contribution in [0.25, 0.3) is 22.9 Å². The molecule has 2 aliphatic heterocycles. The summed E-state index contributed by atoms with van der Waals surface area (Å²) in [6, 6.07) is 22.0. The zero-order valence-electron chi connectivity index (χ0n) is 18.9. The largest absolute Gasteiger partial charge is 0.423 e. The van der Waals surface area contributed by atoms with E-state index in [-0.39, 0.29) is 11.9 Å². The molecule has 2 aliphatic rings. The Morgan fingerprint density at radius 3 is 1.42 bits per heavy atom. The van der Waals surface area contributed by atoms with Crippen molar-refractivity contribution in [3.63, 3.8) is 0 Å². The number of benzene rings is 4. The molecular formula is C30H18Cl2O4. The van der Waals surface area contributed by atoms with Crippen LogP contribution >= 0.6 is 23.2 Å². The number of ether oxygens (including phenoxy) is 2. The van der Waals surface area contributed by atoms with Gasteiger partial charge in [0, 0.05) is 45.2 Å². The van der Waals surface area contributed by atoms with Crippen molar-refractivity contribution >= 4 is 58.1 Å². The molecule has 6 rings (SSSR count). The van der Waals surface area contributed by atoms with Crippen LogP contribution in [0.15, 0.2) is 83.9 Å². The van der Waals surface area contributed by atoms with E-state index in [1.165, 1.54) is 0 Å². The Balaban J connectivity index is 1.46. The molecule has 0 spiro atoms. The van der Waals surface area contributed by atoms with Gasteiger partial charge in [0.05, 0.1) is 0 Å². The van der Waals surface area contributed by atoms with Crippen LogP contribution < -0.4 is 9.47 Å².